The molecular weight excluding hydrogens is 492 g/mol. The van der Waals surface area contributed by atoms with Crippen molar-refractivity contribution in [1.82, 2.24) is 10.6 Å². The summed E-state index contributed by atoms with van der Waals surface area (Å²) < 4.78 is 11.9. The Morgan fingerprint density at radius 1 is 0.949 bits per heavy atom. The molecule has 0 radical (unpaired) electrons. The van der Waals surface area contributed by atoms with Crippen LogP contribution in [0.1, 0.15) is 125 Å². The zero-order valence-electron chi connectivity index (χ0n) is 24.4. The van der Waals surface area contributed by atoms with Crippen molar-refractivity contribution in [3.8, 4) is 0 Å². The number of unbranched alkanes of at least 4 members (excludes halogenated alkanes) is 10. The van der Waals surface area contributed by atoms with Crippen molar-refractivity contribution in [2.24, 2.45) is 0 Å². The number of carboxylic acids is 1. The molecule has 3 N–H and O–H groups in total. The van der Waals surface area contributed by atoms with Crippen LogP contribution in [0.4, 0.5) is 0 Å². The van der Waals surface area contributed by atoms with E-state index in [2.05, 4.69) is 23.6 Å². The van der Waals surface area contributed by atoms with Gasteiger partial charge in [-0.25, -0.2) is 0 Å². The van der Waals surface area contributed by atoms with E-state index in [1.807, 2.05) is 18.2 Å². The lowest BCUT2D eigenvalue weighted by Crippen LogP contribution is -2.36. The third kappa shape index (κ3) is 16.0. The summed E-state index contributed by atoms with van der Waals surface area (Å²) in [4.78, 5) is 23.6. The first-order valence-electron chi connectivity index (χ1n) is 15.6. The number of nitrogens with one attached hydrogen (secondary N) is 2. The predicted molar refractivity (Wildman–Crippen MR) is 158 cm³/mol. The van der Waals surface area contributed by atoms with Crippen molar-refractivity contribution >= 4 is 11.9 Å². The van der Waals surface area contributed by atoms with Gasteiger partial charge < -0.3 is 25.2 Å². The topological polar surface area (TPSA) is 96.9 Å². The number of ether oxygens (including phenoxy) is 2. The Bertz CT molecular complexity index is 782. The van der Waals surface area contributed by atoms with Crippen molar-refractivity contribution in [2.45, 2.75) is 115 Å². The summed E-state index contributed by atoms with van der Waals surface area (Å²) in [5, 5.41) is 15.2. The summed E-state index contributed by atoms with van der Waals surface area (Å²) in [6, 6.07) is 8.01. The van der Waals surface area contributed by atoms with Crippen molar-refractivity contribution in [1.29, 1.82) is 0 Å². The van der Waals surface area contributed by atoms with Gasteiger partial charge in [-0.05, 0) is 68.8 Å². The highest BCUT2D eigenvalue weighted by Crippen LogP contribution is 2.25. The normalized spacial score (nSPS) is 14.8. The molecule has 0 aromatic heterocycles. The Balaban J connectivity index is 1.72. The molecule has 39 heavy (non-hydrogen) atoms. The van der Waals surface area contributed by atoms with Crippen LogP contribution >= 0.6 is 0 Å². The minimum Gasteiger partial charge on any atom is -0.481 e. The number of amides is 1. The zero-order chi connectivity index (χ0) is 28.0. The van der Waals surface area contributed by atoms with E-state index in [0.29, 0.717) is 50.7 Å². The molecule has 1 amide bonds. The lowest BCUT2D eigenvalue weighted by molar-refractivity contribution is -0.137. The minimum absolute atomic E-state index is 0.0835. The molecule has 2 rings (SSSR count). The van der Waals surface area contributed by atoms with Gasteiger partial charge in [-0.2, -0.15) is 0 Å². The smallest absolute Gasteiger partial charge is 0.303 e. The lowest BCUT2D eigenvalue weighted by atomic mass is 9.89. The van der Waals surface area contributed by atoms with Gasteiger partial charge in [0.05, 0.1) is 12.7 Å². The Morgan fingerprint density at radius 2 is 1.62 bits per heavy atom. The number of carboxylic acid groups (broad SMARTS) is 1. The number of carbonyl (C=O) groups excluding carboxylic acids is 1. The van der Waals surface area contributed by atoms with Gasteiger partial charge in [-0.3, -0.25) is 9.59 Å². The van der Waals surface area contributed by atoms with Crippen LogP contribution in [-0.4, -0.2) is 62.5 Å². The maximum Gasteiger partial charge on any atom is 0.303 e. The van der Waals surface area contributed by atoms with Crippen LogP contribution in [0.15, 0.2) is 24.3 Å². The summed E-state index contributed by atoms with van der Waals surface area (Å²) in [5.41, 5.74) is 1.93. The van der Waals surface area contributed by atoms with E-state index < -0.39 is 5.97 Å². The second kappa shape index (κ2) is 21.8. The van der Waals surface area contributed by atoms with Gasteiger partial charge in [0, 0.05) is 31.7 Å². The second-order valence-electron chi connectivity index (χ2n) is 11.0. The maximum absolute atomic E-state index is 12.9. The Labute approximate surface area is 236 Å². The fourth-order valence-corrected chi connectivity index (χ4v) is 5.10. The molecule has 1 unspecified atom stereocenters. The van der Waals surface area contributed by atoms with Crippen molar-refractivity contribution < 1.29 is 24.2 Å². The van der Waals surface area contributed by atoms with Crippen molar-refractivity contribution in [2.75, 3.05) is 39.5 Å². The van der Waals surface area contributed by atoms with Crippen molar-refractivity contribution in [3.63, 3.8) is 0 Å². The molecule has 1 aliphatic rings. The van der Waals surface area contributed by atoms with Crippen LogP contribution < -0.4 is 10.6 Å². The summed E-state index contributed by atoms with van der Waals surface area (Å²) in [6.45, 7) is 6.24. The molecule has 0 saturated carbocycles. The predicted octanol–water partition coefficient (Wildman–Crippen LogP) is 6.46. The van der Waals surface area contributed by atoms with Gasteiger partial charge >= 0.3 is 5.97 Å². The largest absolute Gasteiger partial charge is 0.481 e. The third-order valence-electron chi connectivity index (χ3n) is 7.53. The molecule has 7 nitrogen and oxygen atoms in total. The van der Waals surface area contributed by atoms with E-state index in [1.165, 1.54) is 56.9 Å². The van der Waals surface area contributed by atoms with E-state index in [9.17, 15) is 9.59 Å². The van der Waals surface area contributed by atoms with Gasteiger partial charge in [-0.1, -0.05) is 76.8 Å². The van der Waals surface area contributed by atoms with Gasteiger partial charge in [0.2, 0.25) is 0 Å². The van der Waals surface area contributed by atoms with E-state index in [4.69, 9.17) is 14.6 Å². The maximum atomic E-state index is 12.9. The molecule has 1 atom stereocenters. The van der Waals surface area contributed by atoms with Gasteiger partial charge in [0.1, 0.15) is 0 Å². The Kier molecular flexibility index (Phi) is 18.6. The Hall–Kier alpha value is -1.96. The molecule has 222 valence electrons. The number of benzene rings is 1. The summed E-state index contributed by atoms with van der Waals surface area (Å²) in [5.74, 6) is -0.356. The number of rotatable bonds is 23. The number of carbonyl (C=O) groups is 2. The number of hydrogen-bond acceptors (Lipinski definition) is 5. The minimum atomic E-state index is -0.778. The van der Waals surface area contributed by atoms with Crippen LogP contribution in [-0.2, 0) is 14.3 Å². The fourth-order valence-electron chi connectivity index (χ4n) is 5.10. The van der Waals surface area contributed by atoms with Crippen LogP contribution in [0.5, 0.6) is 0 Å². The van der Waals surface area contributed by atoms with Crippen molar-refractivity contribution in [3.05, 3.63) is 35.4 Å². The average molecular weight is 547 g/mol. The Morgan fingerprint density at radius 3 is 2.31 bits per heavy atom. The first kappa shape index (κ1) is 33.2. The molecule has 0 aliphatic carbocycles. The van der Waals surface area contributed by atoms with E-state index in [-0.39, 0.29) is 18.4 Å². The monoisotopic (exact) mass is 546 g/mol. The number of piperidine rings is 1. The molecule has 1 aromatic rings. The van der Waals surface area contributed by atoms with Crippen LogP contribution in [0.2, 0.25) is 0 Å². The van der Waals surface area contributed by atoms with Gasteiger partial charge in [0.25, 0.3) is 5.91 Å². The zero-order valence-corrected chi connectivity index (χ0v) is 24.4. The number of aliphatic carboxylic acids is 1. The quantitative estimate of drug-likeness (QED) is 0.136. The lowest BCUT2D eigenvalue weighted by Gasteiger charge is -2.23. The molecule has 1 fully saturated rings. The third-order valence-corrected chi connectivity index (χ3v) is 7.53. The molecule has 1 aliphatic heterocycles. The second-order valence-corrected chi connectivity index (χ2v) is 11.0. The fraction of sp³-hybridized carbons (Fsp3) is 0.750. The first-order valence-corrected chi connectivity index (χ1v) is 15.6. The summed E-state index contributed by atoms with van der Waals surface area (Å²) >= 11 is 0. The van der Waals surface area contributed by atoms with E-state index in [0.717, 1.165) is 38.8 Å². The molecule has 0 bridgehead atoms. The van der Waals surface area contributed by atoms with Gasteiger partial charge in [0.15, 0.2) is 0 Å². The highest BCUT2D eigenvalue weighted by Gasteiger charge is 2.17. The average Bonchev–Trinajstić information content (AvgIpc) is 2.96. The van der Waals surface area contributed by atoms with Crippen LogP contribution in [0.25, 0.3) is 0 Å². The molecule has 1 saturated heterocycles. The highest BCUT2D eigenvalue weighted by atomic mass is 16.5. The first-order chi connectivity index (χ1) is 19.1. The number of hydrogen-bond donors (Lipinski definition) is 3. The summed E-state index contributed by atoms with van der Waals surface area (Å²) in [6.07, 6.45) is 16.2. The molecule has 1 heterocycles. The standard InChI is InChI=1S/C32H54N2O5/c1-2-3-4-5-6-7-8-9-10-12-23-39-30(26-38-22-13-11-17-31(35)36)25-34-32(37)29-16-14-15-28(24-29)27-18-20-33-21-19-27/h14-16,24,27,30,33H,2-13,17-23,25-26H2,1H3,(H,34,37)(H,35,36). The molecular formula is C32H54N2O5. The SMILES string of the molecule is CCCCCCCCCCCCOC(CNC(=O)c1cccc(C2CCNCC2)c1)COCCCCC(=O)O. The van der Waals surface area contributed by atoms with E-state index in [1.54, 1.807) is 0 Å². The van der Waals surface area contributed by atoms with Gasteiger partial charge in [-0.15, -0.1) is 0 Å². The molecule has 7 heteroatoms. The molecule has 0 spiro atoms. The highest BCUT2D eigenvalue weighted by molar-refractivity contribution is 5.94. The van der Waals surface area contributed by atoms with Crippen LogP contribution in [0.3, 0.4) is 0 Å². The van der Waals surface area contributed by atoms with Crippen LogP contribution in [0, 0.1) is 0 Å². The molecule has 1 aromatic carbocycles. The summed E-state index contributed by atoms with van der Waals surface area (Å²) in [7, 11) is 0. The van der Waals surface area contributed by atoms with E-state index >= 15 is 0 Å².